The summed E-state index contributed by atoms with van der Waals surface area (Å²) in [5.74, 6) is 0.457. The van der Waals surface area contributed by atoms with Crippen LogP contribution in [0, 0.1) is 5.92 Å². The molecule has 0 aromatic carbocycles. The predicted octanol–water partition coefficient (Wildman–Crippen LogP) is 1.27. The Bertz CT molecular complexity index is 184. The van der Waals surface area contributed by atoms with Crippen molar-refractivity contribution in [2.45, 2.75) is 25.4 Å². The van der Waals surface area contributed by atoms with Crippen LogP contribution in [0.4, 0.5) is 0 Å². The molecule has 2 rings (SSSR count). The Kier molecular flexibility index (Phi) is 1.26. The van der Waals surface area contributed by atoms with Gasteiger partial charge in [-0.3, -0.25) is 4.79 Å². The number of rotatable bonds is 0. The summed E-state index contributed by atoms with van der Waals surface area (Å²) in [5, 5.41) is 0. The van der Waals surface area contributed by atoms with E-state index in [1.165, 1.54) is 0 Å². The Morgan fingerprint density at radius 2 is 2.50 bits per heavy atom. The second-order valence-electron chi connectivity index (χ2n) is 2.92. The minimum atomic E-state index is -0.0263. The van der Waals surface area contributed by atoms with Gasteiger partial charge in [0.05, 0.1) is 6.42 Å². The Morgan fingerprint density at radius 3 is 3.30 bits per heavy atom. The number of ether oxygens (including phenoxy) is 1. The zero-order valence-corrected chi connectivity index (χ0v) is 5.75. The highest BCUT2D eigenvalue weighted by Crippen LogP contribution is 2.30. The third kappa shape index (κ3) is 0.838. The van der Waals surface area contributed by atoms with Gasteiger partial charge in [-0.05, 0) is 18.9 Å². The fourth-order valence-corrected chi connectivity index (χ4v) is 1.63. The quantitative estimate of drug-likeness (QED) is 0.372. The summed E-state index contributed by atoms with van der Waals surface area (Å²) in [6.07, 6.45) is 7.08. The summed E-state index contributed by atoms with van der Waals surface area (Å²) in [7, 11) is 0. The van der Waals surface area contributed by atoms with Crippen LogP contribution in [-0.4, -0.2) is 12.1 Å². The van der Waals surface area contributed by atoms with Crippen molar-refractivity contribution in [3.8, 4) is 0 Å². The Labute approximate surface area is 59.9 Å². The second-order valence-corrected chi connectivity index (χ2v) is 2.92. The molecule has 54 valence electrons. The van der Waals surface area contributed by atoms with Gasteiger partial charge in [-0.15, -0.1) is 0 Å². The van der Waals surface area contributed by atoms with Crippen LogP contribution in [0.2, 0.25) is 0 Å². The van der Waals surface area contributed by atoms with Crippen molar-refractivity contribution in [2.75, 3.05) is 0 Å². The van der Waals surface area contributed by atoms with E-state index in [2.05, 4.69) is 6.08 Å². The van der Waals surface area contributed by atoms with Crippen LogP contribution in [-0.2, 0) is 9.53 Å². The van der Waals surface area contributed by atoms with Crippen molar-refractivity contribution in [1.82, 2.24) is 0 Å². The minimum Gasteiger partial charge on any atom is -0.458 e. The molecule has 2 atom stereocenters. The molecule has 0 aromatic rings. The molecule has 0 spiro atoms. The van der Waals surface area contributed by atoms with Gasteiger partial charge in [0, 0.05) is 5.92 Å². The standard InChI is InChI=1S/C8H10O2/c9-8-5-6-3-1-2-4-7(6)10-8/h2,4,6-7H,1,3,5H2. The van der Waals surface area contributed by atoms with Crippen molar-refractivity contribution in [3.05, 3.63) is 12.2 Å². The first-order valence-corrected chi connectivity index (χ1v) is 3.72. The highest BCUT2D eigenvalue weighted by molar-refractivity contribution is 5.72. The Morgan fingerprint density at radius 1 is 1.60 bits per heavy atom. The number of fused-ring (bicyclic) bond motifs is 1. The fourth-order valence-electron chi connectivity index (χ4n) is 1.63. The monoisotopic (exact) mass is 138 g/mol. The average Bonchev–Trinajstić information content (AvgIpc) is 2.27. The van der Waals surface area contributed by atoms with Crippen molar-refractivity contribution in [2.24, 2.45) is 5.92 Å². The first-order valence-electron chi connectivity index (χ1n) is 3.72. The van der Waals surface area contributed by atoms with Crippen molar-refractivity contribution in [3.63, 3.8) is 0 Å². The van der Waals surface area contributed by atoms with E-state index in [1.807, 2.05) is 6.08 Å². The van der Waals surface area contributed by atoms with Gasteiger partial charge in [0.1, 0.15) is 6.10 Å². The lowest BCUT2D eigenvalue weighted by atomic mass is 9.91. The van der Waals surface area contributed by atoms with Gasteiger partial charge in [-0.1, -0.05) is 6.08 Å². The lowest BCUT2D eigenvalue weighted by Crippen LogP contribution is -2.15. The van der Waals surface area contributed by atoms with Gasteiger partial charge in [0.2, 0.25) is 0 Å². The van der Waals surface area contributed by atoms with E-state index in [0.29, 0.717) is 12.3 Å². The van der Waals surface area contributed by atoms with Crippen LogP contribution in [0.3, 0.4) is 0 Å². The van der Waals surface area contributed by atoms with Gasteiger partial charge < -0.3 is 4.74 Å². The Balaban J connectivity index is 2.15. The van der Waals surface area contributed by atoms with Crippen LogP contribution in [0.1, 0.15) is 19.3 Å². The maximum atomic E-state index is 10.8. The van der Waals surface area contributed by atoms with E-state index in [0.717, 1.165) is 12.8 Å². The summed E-state index contributed by atoms with van der Waals surface area (Å²) in [6, 6.07) is 0. The highest BCUT2D eigenvalue weighted by Gasteiger charge is 2.33. The normalized spacial score (nSPS) is 37.4. The lowest BCUT2D eigenvalue weighted by molar-refractivity contribution is -0.140. The molecule has 1 fully saturated rings. The summed E-state index contributed by atoms with van der Waals surface area (Å²) in [5.41, 5.74) is 0. The molecule has 2 nitrogen and oxygen atoms in total. The van der Waals surface area contributed by atoms with Crippen LogP contribution in [0.5, 0.6) is 0 Å². The molecule has 0 radical (unpaired) electrons. The average molecular weight is 138 g/mol. The topological polar surface area (TPSA) is 26.3 Å². The molecule has 0 saturated carbocycles. The lowest BCUT2D eigenvalue weighted by Gasteiger charge is -2.16. The van der Waals surface area contributed by atoms with Gasteiger partial charge in [-0.2, -0.15) is 0 Å². The largest absolute Gasteiger partial charge is 0.458 e. The minimum absolute atomic E-state index is 0.0263. The third-order valence-corrected chi connectivity index (χ3v) is 2.19. The van der Waals surface area contributed by atoms with Crippen LogP contribution >= 0.6 is 0 Å². The van der Waals surface area contributed by atoms with Gasteiger partial charge >= 0.3 is 5.97 Å². The number of hydrogen-bond donors (Lipinski definition) is 0. The molecule has 2 heteroatoms. The van der Waals surface area contributed by atoms with Gasteiger partial charge in [0.15, 0.2) is 0 Å². The van der Waals surface area contributed by atoms with E-state index in [1.54, 1.807) is 0 Å². The zero-order chi connectivity index (χ0) is 6.97. The third-order valence-electron chi connectivity index (χ3n) is 2.19. The molecule has 1 heterocycles. The van der Waals surface area contributed by atoms with Crippen molar-refractivity contribution in [1.29, 1.82) is 0 Å². The van der Waals surface area contributed by atoms with Gasteiger partial charge in [0.25, 0.3) is 0 Å². The van der Waals surface area contributed by atoms with E-state index in [4.69, 9.17) is 4.74 Å². The molecule has 0 amide bonds. The molecule has 1 aliphatic heterocycles. The maximum Gasteiger partial charge on any atom is 0.306 e. The molecule has 0 N–H and O–H groups in total. The summed E-state index contributed by atoms with van der Waals surface area (Å²) in [4.78, 5) is 10.8. The molecular weight excluding hydrogens is 128 g/mol. The first kappa shape index (κ1) is 5.96. The molecular formula is C8H10O2. The molecule has 10 heavy (non-hydrogen) atoms. The number of carbonyl (C=O) groups excluding carboxylic acids is 1. The summed E-state index contributed by atoms with van der Waals surface area (Å²) in [6.45, 7) is 0. The first-order chi connectivity index (χ1) is 4.86. The van der Waals surface area contributed by atoms with Crippen LogP contribution in [0.15, 0.2) is 12.2 Å². The Hall–Kier alpha value is -0.790. The van der Waals surface area contributed by atoms with Crippen LogP contribution in [0.25, 0.3) is 0 Å². The second kappa shape index (κ2) is 2.11. The SMILES string of the molecule is O=C1CC2CCC=CC2O1. The molecule has 2 unspecified atom stereocenters. The van der Waals surface area contributed by atoms with Crippen molar-refractivity contribution < 1.29 is 9.53 Å². The molecule has 1 aliphatic carbocycles. The fraction of sp³-hybridized carbons (Fsp3) is 0.625. The van der Waals surface area contributed by atoms with E-state index >= 15 is 0 Å². The highest BCUT2D eigenvalue weighted by atomic mass is 16.5. The smallest absolute Gasteiger partial charge is 0.306 e. The maximum absolute atomic E-state index is 10.8. The van der Waals surface area contributed by atoms with E-state index in [9.17, 15) is 4.79 Å². The molecule has 2 aliphatic rings. The van der Waals surface area contributed by atoms with E-state index in [-0.39, 0.29) is 12.1 Å². The summed E-state index contributed by atoms with van der Waals surface area (Å²) < 4.78 is 5.04. The predicted molar refractivity (Wildman–Crippen MR) is 36.4 cm³/mol. The molecule has 0 bridgehead atoms. The number of hydrogen-bond acceptors (Lipinski definition) is 2. The molecule has 1 saturated heterocycles. The van der Waals surface area contributed by atoms with Gasteiger partial charge in [-0.25, -0.2) is 0 Å². The zero-order valence-electron chi connectivity index (χ0n) is 5.75. The molecule has 0 aromatic heterocycles. The number of allylic oxidation sites excluding steroid dienone is 1. The number of esters is 1. The number of carbonyl (C=O) groups is 1. The van der Waals surface area contributed by atoms with E-state index < -0.39 is 0 Å². The summed E-state index contributed by atoms with van der Waals surface area (Å²) >= 11 is 0. The van der Waals surface area contributed by atoms with Crippen molar-refractivity contribution >= 4 is 5.97 Å². The van der Waals surface area contributed by atoms with Crippen LogP contribution < -0.4 is 0 Å².